The Morgan fingerprint density at radius 3 is 2.45 bits per heavy atom. The Balaban J connectivity index is 0.00000405. The zero-order valence-corrected chi connectivity index (χ0v) is 31.1. The van der Waals surface area contributed by atoms with Gasteiger partial charge in [0.1, 0.15) is 5.78 Å². The van der Waals surface area contributed by atoms with E-state index < -0.39 is 16.5 Å². The number of nitrogens with one attached hydrogen (secondary N) is 1. The van der Waals surface area contributed by atoms with Crippen LogP contribution in [-0.4, -0.2) is 30.8 Å². The molecule has 1 aromatic heterocycles. The number of rotatable bonds is 8. The second-order valence-corrected chi connectivity index (χ2v) is 17.9. The van der Waals surface area contributed by atoms with Gasteiger partial charge >= 0.3 is 29.6 Å². The third kappa shape index (κ3) is 6.81. The molecule has 1 aromatic rings. The molecule has 0 aliphatic heterocycles. The fraction of sp³-hybridized carbons (Fsp3) is 0.806. The van der Waals surface area contributed by atoms with E-state index in [2.05, 4.69) is 61.9 Å². The molecule has 0 unspecified atom stereocenters. The number of ketones is 1. The Hall–Kier alpha value is 0.190. The van der Waals surface area contributed by atoms with Gasteiger partial charge in [-0.3, -0.25) is 13.8 Å². The largest absolute Gasteiger partial charge is 1.00 e. The summed E-state index contributed by atoms with van der Waals surface area (Å²) < 4.78 is 42.1. The van der Waals surface area contributed by atoms with Crippen molar-refractivity contribution in [2.24, 2.45) is 52.3 Å². The number of halogens is 1. The molecule has 0 spiro atoms. The van der Waals surface area contributed by atoms with Crippen LogP contribution in [0.25, 0.3) is 0 Å². The number of amides is 1. The van der Waals surface area contributed by atoms with E-state index >= 15 is 0 Å². The van der Waals surface area contributed by atoms with Gasteiger partial charge in [0.25, 0.3) is 0 Å². The summed E-state index contributed by atoms with van der Waals surface area (Å²) in [6, 6.07) is 4.06. The van der Waals surface area contributed by atoms with Gasteiger partial charge in [0.2, 0.25) is 16.3 Å². The van der Waals surface area contributed by atoms with Crippen molar-refractivity contribution in [1.29, 1.82) is 0 Å². The molecule has 42 heavy (non-hydrogen) atoms. The van der Waals surface area contributed by atoms with Crippen molar-refractivity contribution in [2.75, 3.05) is 0 Å². The van der Waals surface area contributed by atoms with Crippen molar-refractivity contribution in [3.63, 3.8) is 0 Å². The molecule has 5 rings (SSSR count). The summed E-state index contributed by atoms with van der Waals surface area (Å²) in [5.41, 5.74) is -0.0997. The Bertz CT molecular complexity index is 1270. The molecule has 0 aromatic carbocycles. The van der Waals surface area contributed by atoms with Gasteiger partial charge in [0, 0.05) is 24.1 Å². The normalized spacial score (nSPS) is 37.7. The predicted molar refractivity (Wildman–Crippen MR) is 162 cm³/mol. The summed E-state index contributed by atoms with van der Waals surface area (Å²) in [5, 5.41) is 3.30. The van der Waals surface area contributed by atoms with E-state index in [1.807, 2.05) is 6.07 Å². The van der Waals surface area contributed by atoms with E-state index in [4.69, 9.17) is 4.18 Å². The summed E-state index contributed by atoms with van der Waals surface area (Å²) in [5.74, 6) is 1.56. The Labute approximate surface area is 286 Å². The second-order valence-electron chi connectivity index (χ2n) is 14.4. The van der Waals surface area contributed by atoms with E-state index in [0.29, 0.717) is 31.6 Å². The molecule has 0 bridgehead atoms. The summed E-state index contributed by atoms with van der Waals surface area (Å²) in [4.78, 5) is 26.9. The van der Waals surface area contributed by atoms with Crippen LogP contribution in [0.2, 0.25) is 0 Å². The van der Waals surface area contributed by atoms with Crippen molar-refractivity contribution in [3.8, 4) is 0 Å². The quantitative estimate of drug-likeness (QED) is 0.250. The van der Waals surface area contributed by atoms with Crippen LogP contribution in [-0.2, 0) is 24.2 Å². The second kappa shape index (κ2) is 13.1. The smallest absolute Gasteiger partial charge is 0.726 e. The summed E-state index contributed by atoms with van der Waals surface area (Å²) >= 11 is 5.19. The third-order valence-electron chi connectivity index (χ3n) is 11.9. The van der Waals surface area contributed by atoms with Crippen LogP contribution >= 0.6 is 27.3 Å². The first-order valence-electron chi connectivity index (χ1n) is 15.3. The van der Waals surface area contributed by atoms with Crippen molar-refractivity contribution in [1.82, 2.24) is 5.32 Å². The van der Waals surface area contributed by atoms with Gasteiger partial charge in [-0.2, -0.15) is 0 Å². The predicted octanol–water partition coefficient (Wildman–Crippen LogP) is 4.04. The fourth-order valence-corrected chi connectivity index (χ4v) is 12.1. The molecule has 0 radical (unpaired) electrons. The van der Waals surface area contributed by atoms with Gasteiger partial charge in [0.05, 0.1) is 15.9 Å². The van der Waals surface area contributed by atoms with Crippen molar-refractivity contribution in [3.05, 3.63) is 20.8 Å². The minimum Gasteiger partial charge on any atom is -0.726 e. The topological polar surface area (TPSA) is 113 Å². The molecular formula is C31H45BrNNaO6S2. The molecule has 1 amide bonds. The van der Waals surface area contributed by atoms with Crippen LogP contribution in [0.5, 0.6) is 0 Å². The SMILES string of the molecule is CC(C)[C@H](NC(=O)C[C@@H](C)[C@H]1CC[C@H]2[C@@H]3[C@H](OS(=O)(=O)[O-])C[C@@H]4CC(=O)CC[C@]4(C)[C@H]3CC[C@]12C)c1ccc(Br)s1.[Na+]. The minimum atomic E-state index is -4.87. The van der Waals surface area contributed by atoms with Crippen LogP contribution in [0.4, 0.5) is 0 Å². The molecule has 4 aliphatic rings. The third-order valence-corrected chi connectivity index (χ3v) is 14.1. The van der Waals surface area contributed by atoms with E-state index in [1.165, 1.54) is 0 Å². The van der Waals surface area contributed by atoms with Crippen molar-refractivity contribution in [2.45, 2.75) is 105 Å². The number of carbonyl (C=O) groups is 2. The zero-order chi connectivity index (χ0) is 29.9. The standard InChI is InChI=1S/C31H46BrNO6S2.Na/c1-17(2)29(25-8-9-26(32)40-25)33-27(35)14-18(3)21-6-7-22-28-23(11-13-31(21,22)5)30(4)12-10-20(34)15-19(30)16-24(28)39-41(36,37)38;/h8-9,17-19,21-24,28-29H,6-7,10-16H2,1-5H3,(H,33,35)(H,36,37,38);/q;+1/p-1/t18-,19+,21-,22+,23+,24-,28+,29+,30+,31-;/m1./s1. The number of fused-ring (bicyclic) bond motifs is 5. The maximum Gasteiger partial charge on any atom is 1.00 e. The van der Waals surface area contributed by atoms with Crippen molar-refractivity contribution < 1.29 is 56.3 Å². The van der Waals surface area contributed by atoms with E-state index in [9.17, 15) is 22.6 Å². The van der Waals surface area contributed by atoms with Crippen LogP contribution < -0.4 is 34.9 Å². The summed E-state index contributed by atoms with van der Waals surface area (Å²) in [7, 11) is -4.87. The van der Waals surface area contributed by atoms with Gasteiger partial charge in [-0.05, 0) is 119 Å². The monoisotopic (exact) mass is 693 g/mol. The van der Waals surface area contributed by atoms with Gasteiger partial charge < -0.3 is 9.87 Å². The average Bonchev–Trinajstić information content (AvgIpc) is 3.45. The number of carbonyl (C=O) groups excluding carboxylic acids is 2. The van der Waals surface area contributed by atoms with Crippen LogP contribution in [0.15, 0.2) is 15.9 Å². The van der Waals surface area contributed by atoms with Gasteiger partial charge in [-0.15, -0.1) is 11.3 Å². The number of Topliss-reactive ketones (excluding diaryl/α,β-unsaturated/α-hetero) is 1. The van der Waals surface area contributed by atoms with Crippen molar-refractivity contribution >= 4 is 49.4 Å². The molecule has 0 saturated heterocycles. The average molecular weight is 695 g/mol. The minimum absolute atomic E-state index is 0. The van der Waals surface area contributed by atoms with Gasteiger partial charge in [0.15, 0.2) is 0 Å². The maximum absolute atomic E-state index is 13.4. The molecule has 11 heteroatoms. The Morgan fingerprint density at radius 2 is 1.83 bits per heavy atom. The van der Waals surface area contributed by atoms with Gasteiger partial charge in [-0.25, -0.2) is 8.42 Å². The van der Waals surface area contributed by atoms with Crippen LogP contribution in [0, 0.1) is 52.3 Å². The van der Waals surface area contributed by atoms with Crippen LogP contribution in [0.3, 0.4) is 0 Å². The van der Waals surface area contributed by atoms with Crippen LogP contribution in [0.1, 0.15) is 103 Å². The number of hydrogen-bond acceptors (Lipinski definition) is 7. The summed E-state index contributed by atoms with van der Waals surface area (Å²) in [6.45, 7) is 11.1. The molecule has 1 heterocycles. The molecular weight excluding hydrogens is 649 g/mol. The van der Waals surface area contributed by atoms with Gasteiger partial charge in [-0.1, -0.05) is 34.6 Å². The first-order chi connectivity index (χ1) is 19.1. The fourth-order valence-electron chi connectivity index (χ4n) is 9.94. The first-order valence-corrected chi connectivity index (χ1v) is 18.3. The number of thiophene rings is 1. The Kier molecular flexibility index (Phi) is 11.0. The maximum atomic E-state index is 13.4. The first kappa shape index (κ1) is 35.1. The zero-order valence-electron chi connectivity index (χ0n) is 25.9. The number of hydrogen-bond donors (Lipinski definition) is 1. The Morgan fingerprint density at radius 1 is 1.14 bits per heavy atom. The molecule has 7 nitrogen and oxygen atoms in total. The van der Waals surface area contributed by atoms with E-state index in [1.54, 1.807) is 11.3 Å². The molecule has 4 aliphatic carbocycles. The molecule has 1 N–H and O–H groups in total. The van der Waals surface area contributed by atoms with E-state index in [0.717, 1.165) is 40.8 Å². The van der Waals surface area contributed by atoms with E-state index in [-0.39, 0.29) is 93.6 Å². The molecule has 4 saturated carbocycles. The summed E-state index contributed by atoms with van der Waals surface area (Å²) in [6.07, 6.45) is 5.98. The molecule has 10 atom stereocenters. The molecule has 230 valence electrons. The molecule has 4 fully saturated rings.